The average molecular weight is 409 g/mol. The van der Waals surface area contributed by atoms with Crippen LogP contribution < -0.4 is 5.56 Å². The Morgan fingerprint density at radius 3 is 2.37 bits per heavy atom. The van der Waals surface area contributed by atoms with E-state index >= 15 is 0 Å². The second-order valence-corrected chi connectivity index (χ2v) is 7.11. The van der Waals surface area contributed by atoms with Crippen molar-refractivity contribution in [2.75, 3.05) is 0 Å². The minimum Gasteiger partial charge on any atom is -0.449 e. The number of nitrogens with one attached hydrogen (secondary N) is 1. The van der Waals surface area contributed by atoms with Crippen molar-refractivity contribution in [3.05, 3.63) is 62.8 Å². The summed E-state index contributed by atoms with van der Waals surface area (Å²) in [6.45, 7) is 8.30. The first-order valence-corrected chi connectivity index (χ1v) is 9.62. The molecule has 0 spiro atoms. The Morgan fingerprint density at radius 2 is 1.80 bits per heavy atom. The van der Waals surface area contributed by atoms with Crippen LogP contribution in [0.5, 0.6) is 0 Å². The van der Waals surface area contributed by atoms with Crippen LogP contribution in [0.3, 0.4) is 0 Å². The summed E-state index contributed by atoms with van der Waals surface area (Å²) in [5, 5.41) is 4.84. The van der Waals surface area contributed by atoms with E-state index in [0.717, 1.165) is 0 Å². The third kappa shape index (κ3) is 3.56. The summed E-state index contributed by atoms with van der Waals surface area (Å²) in [4.78, 5) is 52.9. The van der Waals surface area contributed by atoms with Crippen molar-refractivity contribution in [2.45, 2.75) is 47.3 Å². The maximum atomic E-state index is 12.9. The number of ketones is 2. The van der Waals surface area contributed by atoms with Crippen molar-refractivity contribution >= 4 is 28.3 Å². The van der Waals surface area contributed by atoms with Crippen molar-refractivity contribution in [3.8, 4) is 0 Å². The molecular formula is C22H23N3O5. The quantitative estimate of drug-likeness (QED) is 0.495. The number of aromatic amines is 1. The van der Waals surface area contributed by atoms with Crippen LogP contribution >= 0.6 is 0 Å². The summed E-state index contributed by atoms with van der Waals surface area (Å²) in [5.41, 5.74) is 1.47. The molecule has 0 fully saturated rings. The van der Waals surface area contributed by atoms with Gasteiger partial charge in [-0.05, 0) is 46.2 Å². The number of hydrogen-bond donors (Lipinski definition) is 1. The Balaban J connectivity index is 1.94. The monoisotopic (exact) mass is 409 g/mol. The minimum atomic E-state index is -1.11. The molecule has 0 bridgehead atoms. The number of benzene rings is 1. The molecular weight excluding hydrogens is 386 g/mol. The smallest absolute Gasteiger partial charge is 0.360 e. The first-order chi connectivity index (χ1) is 14.2. The summed E-state index contributed by atoms with van der Waals surface area (Å²) in [6, 6.07) is 6.63. The third-order valence-corrected chi connectivity index (χ3v) is 5.05. The van der Waals surface area contributed by atoms with E-state index in [1.54, 1.807) is 45.0 Å². The van der Waals surface area contributed by atoms with Gasteiger partial charge in [-0.2, -0.15) is 5.10 Å². The summed E-state index contributed by atoms with van der Waals surface area (Å²) in [5.74, 6) is -1.41. The number of aryl methyl sites for hydroxylation is 2. The molecule has 3 rings (SSSR count). The topological polar surface area (TPSA) is 111 Å². The lowest BCUT2D eigenvalue weighted by Gasteiger charge is -2.14. The predicted octanol–water partition coefficient (Wildman–Crippen LogP) is 2.99. The highest BCUT2D eigenvalue weighted by Crippen LogP contribution is 2.21. The number of ether oxygens (including phenoxy) is 1. The summed E-state index contributed by atoms with van der Waals surface area (Å²) in [6.07, 6.45) is -1.11. The summed E-state index contributed by atoms with van der Waals surface area (Å²) in [7, 11) is 0. The highest BCUT2D eigenvalue weighted by molar-refractivity contribution is 6.07. The zero-order chi connectivity index (χ0) is 22.2. The number of carbonyl (C=O) groups is 3. The molecule has 1 aromatic carbocycles. The SMILES string of the molecule is CCn1nc(C(=O)OC(C)C(=O)c2[nH]c(C)c(C(C)=O)c2C)c2ccccc2c1=O. The molecule has 3 aromatic rings. The number of H-pyrrole nitrogens is 1. The third-order valence-electron chi connectivity index (χ3n) is 5.05. The Kier molecular flexibility index (Phi) is 5.69. The van der Waals surface area contributed by atoms with Crippen LogP contribution in [-0.4, -0.2) is 38.4 Å². The van der Waals surface area contributed by atoms with Crippen LogP contribution in [0.1, 0.15) is 63.4 Å². The molecule has 1 atom stereocenters. The fourth-order valence-electron chi connectivity index (χ4n) is 3.60. The van der Waals surface area contributed by atoms with E-state index in [0.29, 0.717) is 27.6 Å². The van der Waals surface area contributed by atoms with Gasteiger partial charge >= 0.3 is 5.97 Å². The van der Waals surface area contributed by atoms with Gasteiger partial charge in [0.05, 0.1) is 11.1 Å². The number of carbonyl (C=O) groups excluding carboxylic acids is 3. The van der Waals surface area contributed by atoms with Crippen LogP contribution in [-0.2, 0) is 11.3 Å². The molecule has 0 aliphatic rings. The van der Waals surface area contributed by atoms with Crippen molar-refractivity contribution in [2.24, 2.45) is 0 Å². The van der Waals surface area contributed by atoms with E-state index in [9.17, 15) is 19.2 Å². The molecule has 8 heteroatoms. The van der Waals surface area contributed by atoms with Crippen molar-refractivity contribution in [1.29, 1.82) is 0 Å². The Morgan fingerprint density at radius 1 is 1.17 bits per heavy atom. The Hall–Kier alpha value is -3.55. The van der Waals surface area contributed by atoms with Crippen LogP contribution in [0.25, 0.3) is 10.8 Å². The predicted molar refractivity (Wildman–Crippen MR) is 111 cm³/mol. The molecule has 0 saturated heterocycles. The van der Waals surface area contributed by atoms with Crippen LogP contribution in [0.2, 0.25) is 0 Å². The second-order valence-electron chi connectivity index (χ2n) is 7.11. The molecule has 0 amide bonds. The molecule has 0 aliphatic carbocycles. The molecule has 2 aromatic heterocycles. The molecule has 8 nitrogen and oxygen atoms in total. The zero-order valence-electron chi connectivity index (χ0n) is 17.5. The van der Waals surface area contributed by atoms with Gasteiger partial charge in [-0.1, -0.05) is 18.2 Å². The fourth-order valence-corrected chi connectivity index (χ4v) is 3.60. The highest BCUT2D eigenvalue weighted by Gasteiger charge is 2.27. The normalized spacial score (nSPS) is 12.0. The molecule has 0 saturated carbocycles. The first kappa shape index (κ1) is 21.2. The highest BCUT2D eigenvalue weighted by atomic mass is 16.5. The lowest BCUT2D eigenvalue weighted by molar-refractivity contribution is 0.0311. The van der Waals surface area contributed by atoms with Crippen molar-refractivity contribution < 1.29 is 19.1 Å². The lowest BCUT2D eigenvalue weighted by Crippen LogP contribution is -2.29. The van der Waals surface area contributed by atoms with E-state index in [1.807, 2.05) is 0 Å². The Labute approximate surface area is 172 Å². The van der Waals surface area contributed by atoms with E-state index in [4.69, 9.17) is 4.74 Å². The van der Waals surface area contributed by atoms with E-state index in [2.05, 4.69) is 10.1 Å². The molecule has 0 aliphatic heterocycles. The van der Waals surface area contributed by atoms with Gasteiger partial charge in [0.25, 0.3) is 5.56 Å². The first-order valence-electron chi connectivity index (χ1n) is 9.62. The van der Waals surface area contributed by atoms with Crippen molar-refractivity contribution in [3.63, 3.8) is 0 Å². The maximum absolute atomic E-state index is 12.9. The molecule has 30 heavy (non-hydrogen) atoms. The van der Waals surface area contributed by atoms with Gasteiger partial charge < -0.3 is 9.72 Å². The van der Waals surface area contributed by atoms with E-state index in [-0.39, 0.29) is 29.3 Å². The molecule has 156 valence electrons. The Bertz CT molecular complexity index is 1240. The number of aromatic nitrogens is 3. The van der Waals surface area contributed by atoms with Gasteiger partial charge in [-0.25, -0.2) is 9.48 Å². The van der Waals surface area contributed by atoms with E-state index in [1.165, 1.54) is 18.5 Å². The number of nitrogens with zero attached hydrogens (tertiary/aromatic N) is 2. The summed E-state index contributed by atoms with van der Waals surface area (Å²) < 4.78 is 6.58. The number of fused-ring (bicyclic) bond motifs is 1. The molecule has 0 radical (unpaired) electrons. The standard InChI is InChI=1S/C22H23N3O5/c1-6-25-21(28)16-10-8-7-9-15(16)19(24-25)22(29)30-14(5)20(27)18-11(2)17(13(4)26)12(3)23-18/h7-10,14,23H,6H2,1-5H3. The van der Waals surface area contributed by atoms with Gasteiger partial charge in [0.15, 0.2) is 17.6 Å². The average Bonchev–Trinajstić information content (AvgIpc) is 3.01. The van der Waals surface area contributed by atoms with Gasteiger partial charge in [0, 0.05) is 23.2 Å². The van der Waals surface area contributed by atoms with Gasteiger partial charge in [0.2, 0.25) is 5.78 Å². The molecule has 2 heterocycles. The van der Waals surface area contributed by atoms with E-state index < -0.39 is 17.9 Å². The lowest BCUT2D eigenvalue weighted by atomic mass is 10.0. The van der Waals surface area contributed by atoms with Crippen LogP contribution in [0.15, 0.2) is 29.1 Å². The number of Topliss-reactive ketones (excluding diaryl/α,β-unsaturated/α-hetero) is 2. The zero-order valence-corrected chi connectivity index (χ0v) is 17.5. The molecule has 1 unspecified atom stereocenters. The van der Waals surface area contributed by atoms with Gasteiger partial charge in [0.1, 0.15) is 0 Å². The van der Waals surface area contributed by atoms with Crippen LogP contribution in [0, 0.1) is 13.8 Å². The van der Waals surface area contributed by atoms with Crippen molar-refractivity contribution in [1.82, 2.24) is 14.8 Å². The minimum absolute atomic E-state index is 0.0319. The number of esters is 1. The van der Waals surface area contributed by atoms with Gasteiger partial charge in [-0.3, -0.25) is 14.4 Å². The summed E-state index contributed by atoms with van der Waals surface area (Å²) >= 11 is 0. The molecule has 1 N–H and O–H groups in total. The fraction of sp³-hybridized carbons (Fsp3) is 0.318. The number of rotatable bonds is 6. The van der Waals surface area contributed by atoms with Crippen LogP contribution in [0.4, 0.5) is 0 Å². The number of hydrogen-bond acceptors (Lipinski definition) is 6. The van der Waals surface area contributed by atoms with Gasteiger partial charge in [-0.15, -0.1) is 0 Å². The largest absolute Gasteiger partial charge is 0.449 e. The maximum Gasteiger partial charge on any atom is 0.360 e. The second kappa shape index (κ2) is 8.06.